The summed E-state index contributed by atoms with van der Waals surface area (Å²) in [7, 11) is 4.73. The highest BCUT2D eigenvalue weighted by molar-refractivity contribution is 5.84. The fourth-order valence-corrected chi connectivity index (χ4v) is 2.84. The first-order valence-corrected chi connectivity index (χ1v) is 8.19. The van der Waals surface area contributed by atoms with Gasteiger partial charge >= 0.3 is 0 Å². The van der Waals surface area contributed by atoms with Gasteiger partial charge < -0.3 is 28.4 Å². The summed E-state index contributed by atoms with van der Waals surface area (Å²) in [5.74, 6) is 3.65. The highest BCUT2D eigenvalue weighted by atomic mass is 16.7. The molecule has 0 atom stereocenters. The summed E-state index contributed by atoms with van der Waals surface area (Å²) >= 11 is 0. The van der Waals surface area contributed by atoms with Crippen LogP contribution in [0, 0.1) is 0 Å². The van der Waals surface area contributed by atoms with Crippen LogP contribution in [-0.4, -0.2) is 34.7 Å². The number of ether oxygens (including phenoxy) is 6. The van der Waals surface area contributed by atoms with Crippen LogP contribution in [0.4, 0.5) is 0 Å². The summed E-state index contributed by atoms with van der Waals surface area (Å²) in [5, 5.41) is 0. The Bertz CT molecular complexity index is 802. The average molecular weight is 358 g/mol. The molecule has 1 aliphatic heterocycles. The van der Waals surface area contributed by atoms with E-state index in [1.54, 1.807) is 21.3 Å². The van der Waals surface area contributed by atoms with Crippen molar-refractivity contribution in [3.63, 3.8) is 0 Å². The first-order valence-electron chi connectivity index (χ1n) is 8.19. The normalized spacial score (nSPS) is 11.8. The summed E-state index contributed by atoms with van der Waals surface area (Å²) in [5.41, 5.74) is 2.37. The van der Waals surface area contributed by atoms with Gasteiger partial charge in [0.15, 0.2) is 23.0 Å². The Morgan fingerprint density at radius 3 is 2.08 bits per heavy atom. The molecular formula is C20H22O6. The zero-order chi connectivity index (χ0) is 18.7. The zero-order valence-corrected chi connectivity index (χ0v) is 15.4. The van der Waals surface area contributed by atoms with E-state index in [-0.39, 0.29) is 6.79 Å². The molecule has 2 aromatic carbocycles. The quantitative estimate of drug-likeness (QED) is 0.748. The molecule has 0 N–H and O–H groups in total. The molecule has 0 saturated carbocycles. The van der Waals surface area contributed by atoms with Gasteiger partial charge in [0, 0.05) is 11.6 Å². The highest BCUT2D eigenvalue weighted by Crippen LogP contribution is 2.45. The van der Waals surface area contributed by atoms with Crippen LogP contribution in [0.2, 0.25) is 0 Å². The Morgan fingerprint density at radius 2 is 1.54 bits per heavy atom. The lowest BCUT2D eigenvalue weighted by Gasteiger charge is -2.17. The number of hydrogen-bond donors (Lipinski definition) is 0. The maximum Gasteiger partial charge on any atom is 0.231 e. The van der Waals surface area contributed by atoms with Crippen molar-refractivity contribution in [1.29, 1.82) is 0 Å². The molecular weight excluding hydrogens is 336 g/mol. The molecule has 6 heteroatoms. The fraction of sp³-hybridized carbons (Fsp3) is 0.300. The van der Waals surface area contributed by atoms with Gasteiger partial charge in [-0.05, 0) is 36.3 Å². The third kappa shape index (κ3) is 3.10. The lowest BCUT2D eigenvalue weighted by molar-refractivity contribution is 0.174. The molecule has 0 spiro atoms. The minimum absolute atomic E-state index is 0.195. The van der Waals surface area contributed by atoms with E-state index in [4.69, 9.17) is 28.4 Å². The Hall–Kier alpha value is -3.02. The van der Waals surface area contributed by atoms with Crippen LogP contribution in [0.1, 0.15) is 18.1 Å². The highest BCUT2D eigenvalue weighted by Gasteiger charge is 2.22. The van der Waals surface area contributed by atoms with Gasteiger partial charge in [-0.3, -0.25) is 0 Å². The summed E-state index contributed by atoms with van der Waals surface area (Å²) < 4.78 is 33.0. The molecule has 0 aromatic heterocycles. The van der Waals surface area contributed by atoms with Gasteiger partial charge in [0.25, 0.3) is 0 Å². The van der Waals surface area contributed by atoms with Crippen LogP contribution < -0.4 is 28.4 Å². The number of rotatable bonds is 7. The Morgan fingerprint density at radius 1 is 0.923 bits per heavy atom. The van der Waals surface area contributed by atoms with E-state index in [0.717, 1.165) is 16.7 Å². The van der Waals surface area contributed by atoms with Crippen molar-refractivity contribution in [3.8, 4) is 34.5 Å². The Kier molecular flexibility index (Phi) is 5.11. The molecule has 0 radical (unpaired) electrons. The Labute approximate surface area is 152 Å². The summed E-state index contributed by atoms with van der Waals surface area (Å²) in [6.07, 6.45) is 0. The zero-order valence-electron chi connectivity index (χ0n) is 15.4. The Balaban J connectivity index is 2.09. The van der Waals surface area contributed by atoms with Gasteiger partial charge in [-0.25, -0.2) is 0 Å². The molecule has 6 nitrogen and oxygen atoms in total. The molecule has 0 amide bonds. The van der Waals surface area contributed by atoms with Crippen molar-refractivity contribution < 1.29 is 28.4 Å². The SMILES string of the molecule is C=C(c1cc(OC)c(OC)c(OC)c1)c1cc2c(cc1OCC)OCO2. The third-order valence-electron chi connectivity index (χ3n) is 4.11. The van der Waals surface area contributed by atoms with Crippen LogP contribution in [-0.2, 0) is 0 Å². The lowest BCUT2D eigenvalue weighted by atomic mass is 9.97. The molecule has 26 heavy (non-hydrogen) atoms. The number of hydrogen-bond acceptors (Lipinski definition) is 6. The minimum atomic E-state index is 0.195. The maximum absolute atomic E-state index is 5.78. The van der Waals surface area contributed by atoms with Crippen LogP contribution in [0.3, 0.4) is 0 Å². The largest absolute Gasteiger partial charge is 0.493 e. The van der Waals surface area contributed by atoms with Gasteiger partial charge in [0.1, 0.15) is 5.75 Å². The van der Waals surface area contributed by atoms with E-state index in [1.165, 1.54) is 0 Å². The second-order valence-electron chi connectivity index (χ2n) is 5.53. The topological polar surface area (TPSA) is 55.4 Å². The fourth-order valence-electron chi connectivity index (χ4n) is 2.84. The van der Waals surface area contributed by atoms with Crippen molar-refractivity contribution in [2.24, 2.45) is 0 Å². The molecule has 0 bridgehead atoms. The molecule has 1 heterocycles. The van der Waals surface area contributed by atoms with Gasteiger partial charge in [0.05, 0.1) is 27.9 Å². The number of fused-ring (bicyclic) bond motifs is 1. The monoisotopic (exact) mass is 358 g/mol. The van der Waals surface area contributed by atoms with Crippen LogP contribution in [0.25, 0.3) is 5.57 Å². The second-order valence-corrected chi connectivity index (χ2v) is 5.53. The molecule has 3 rings (SSSR count). The van der Waals surface area contributed by atoms with E-state index in [9.17, 15) is 0 Å². The first kappa shape index (κ1) is 17.8. The van der Waals surface area contributed by atoms with Gasteiger partial charge in [-0.1, -0.05) is 6.58 Å². The van der Waals surface area contributed by atoms with Crippen molar-refractivity contribution in [2.75, 3.05) is 34.7 Å². The maximum atomic E-state index is 5.78. The molecule has 1 aliphatic rings. The van der Waals surface area contributed by atoms with E-state index < -0.39 is 0 Å². The van der Waals surface area contributed by atoms with Crippen LogP contribution >= 0.6 is 0 Å². The predicted octanol–water partition coefficient (Wildman–Crippen LogP) is 3.90. The van der Waals surface area contributed by atoms with Crippen molar-refractivity contribution in [1.82, 2.24) is 0 Å². The van der Waals surface area contributed by atoms with Crippen molar-refractivity contribution in [2.45, 2.75) is 6.92 Å². The molecule has 138 valence electrons. The lowest BCUT2D eigenvalue weighted by Crippen LogP contribution is -1.99. The third-order valence-corrected chi connectivity index (χ3v) is 4.11. The van der Waals surface area contributed by atoms with Gasteiger partial charge in [0.2, 0.25) is 12.5 Å². The van der Waals surface area contributed by atoms with Crippen LogP contribution in [0.5, 0.6) is 34.5 Å². The molecule has 0 aliphatic carbocycles. The molecule has 0 unspecified atom stereocenters. The average Bonchev–Trinajstić information content (AvgIpc) is 3.13. The smallest absolute Gasteiger partial charge is 0.231 e. The summed E-state index contributed by atoms with van der Waals surface area (Å²) in [4.78, 5) is 0. The van der Waals surface area contributed by atoms with Gasteiger partial charge in [-0.15, -0.1) is 0 Å². The predicted molar refractivity (Wildman–Crippen MR) is 98.0 cm³/mol. The van der Waals surface area contributed by atoms with Crippen LogP contribution in [0.15, 0.2) is 30.8 Å². The van der Waals surface area contributed by atoms with Crippen molar-refractivity contribution in [3.05, 3.63) is 42.0 Å². The number of benzene rings is 2. The van der Waals surface area contributed by atoms with Gasteiger partial charge in [-0.2, -0.15) is 0 Å². The summed E-state index contributed by atoms with van der Waals surface area (Å²) in [6, 6.07) is 7.40. The molecule has 0 fully saturated rings. The summed E-state index contributed by atoms with van der Waals surface area (Å²) in [6.45, 7) is 6.89. The molecule has 0 saturated heterocycles. The first-order chi connectivity index (χ1) is 12.6. The number of methoxy groups -OCH3 is 3. The van der Waals surface area contributed by atoms with Crippen molar-refractivity contribution >= 4 is 5.57 Å². The van der Waals surface area contributed by atoms with E-state index >= 15 is 0 Å². The van der Waals surface area contributed by atoms with E-state index in [1.807, 2.05) is 31.2 Å². The standard InChI is InChI=1S/C20H22O6/c1-6-24-15-10-17-16(25-11-26-17)9-14(15)12(2)13-7-18(21-3)20(23-5)19(8-13)22-4/h7-10H,2,6,11H2,1,3-5H3. The minimum Gasteiger partial charge on any atom is -0.493 e. The van der Waals surface area contributed by atoms with E-state index in [0.29, 0.717) is 41.1 Å². The second kappa shape index (κ2) is 7.47. The van der Waals surface area contributed by atoms with E-state index in [2.05, 4.69) is 6.58 Å². The molecule has 2 aromatic rings.